The lowest BCUT2D eigenvalue weighted by atomic mass is 10.3. The predicted octanol–water partition coefficient (Wildman–Crippen LogP) is 1.42. The van der Waals surface area contributed by atoms with Crippen LogP contribution >= 0.6 is 0 Å². The molecule has 0 aliphatic rings. The van der Waals surface area contributed by atoms with Crippen LogP contribution in [0.5, 0.6) is 6.01 Å². The van der Waals surface area contributed by atoms with E-state index in [0.717, 1.165) is 0 Å². The highest BCUT2D eigenvalue weighted by atomic mass is 16.5. The van der Waals surface area contributed by atoms with Crippen molar-refractivity contribution in [2.45, 2.75) is 13.5 Å². The molecule has 0 saturated heterocycles. The van der Waals surface area contributed by atoms with Crippen LogP contribution in [0.15, 0.2) is 45.9 Å². The number of hydrogen-bond donors (Lipinski definition) is 1. The van der Waals surface area contributed by atoms with Crippen LogP contribution in [0.3, 0.4) is 0 Å². The number of para-hydroxylation sites is 2. The van der Waals surface area contributed by atoms with E-state index >= 15 is 0 Å². The number of ether oxygens (including phenoxy) is 1. The molecule has 0 fully saturated rings. The zero-order valence-corrected chi connectivity index (χ0v) is 12.4. The van der Waals surface area contributed by atoms with Crippen LogP contribution in [0.1, 0.15) is 6.92 Å². The van der Waals surface area contributed by atoms with Gasteiger partial charge < -0.3 is 14.5 Å². The van der Waals surface area contributed by atoms with Gasteiger partial charge in [0.2, 0.25) is 5.91 Å². The smallest absolute Gasteiger partial charge is 0.420 e. The van der Waals surface area contributed by atoms with Gasteiger partial charge in [0.15, 0.2) is 5.58 Å². The number of carbonyl (C=O) groups excluding carboxylic acids is 1. The third kappa shape index (κ3) is 3.20. The Labute approximate surface area is 130 Å². The molecule has 118 valence electrons. The zero-order valence-electron chi connectivity index (χ0n) is 12.4. The Morgan fingerprint density at radius 1 is 1.30 bits per heavy atom. The molecule has 1 N–H and O–H groups in total. The third-order valence-electron chi connectivity index (χ3n) is 3.06. The van der Waals surface area contributed by atoms with E-state index in [0.29, 0.717) is 23.4 Å². The second kappa shape index (κ2) is 6.30. The molecule has 0 atom stereocenters. The Morgan fingerprint density at radius 3 is 2.78 bits per heavy atom. The maximum absolute atomic E-state index is 12.1. The van der Waals surface area contributed by atoms with Crippen molar-refractivity contribution in [3.05, 3.63) is 47.2 Å². The molecule has 0 aliphatic carbocycles. The second-order valence-corrected chi connectivity index (χ2v) is 4.66. The van der Waals surface area contributed by atoms with E-state index in [4.69, 9.17) is 9.15 Å². The summed E-state index contributed by atoms with van der Waals surface area (Å²) in [6.07, 6.45) is 2.87. The number of benzene rings is 1. The third-order valence-corrected chi connectivity index (χ3v) is 3.06. The maximum Gasteiger partial charge on any atom is 0.420 e. The van der Waals surface area contributed by atoms with Gasteiger partial charge in [0.05, 0.1) is 30.2 Å². The first kappa shape index (κ1) is 14.8. The van der Waals surface area contributed by atoms with E-state index < -0.39 is 5.76 Å². The number of oxazole rings is 1. The van der Waals surface area contributed by atoms with Gasteiger partial charge in [-0.3, -0.25) is 9.36 Å². The van der Waals surface area contributed by atoms with Crippen LogP contribution < -0.4 is 15.8 Å². The Kier molecular flexibility index (Phi) is 4.05. The van der Waals surface area contributed by atoms with E-state index in [1.54, 1.807) is 24.3 Å². The number of carbonyl (C=O) groups is 1. The largest absolute Gasteiger partial charge is 0.464 e. The minimum absolute atomic E-state index is 0.164. The first-order chi connectivity index (χ1) is 11.2. The number of nitrogens with one attached hydrogen (secondary N) is 1. The molecule has 1 aromatic carbocycles. The van der Waals surface area contributed by atoms with Crippen molar-refractivity contribution in [3.63, 3.8) is 0 Å². The molecule has 0 saturated carbocycles. The number of amides is 1. The lowest BCUT2D eigenvalue weighted by Crippen LogP contribution is -2.24. The fraction of sp³-hybridized carbons (Fsp3) is 0.200. The highest BCUT2D eigenvalue weighted by molar-refractivity contribution is 5.91. The van der Waals surface area contributed by atoms with Crippen LogP contribution in [-0.4, -0.2) is 27.0 Å². The number of rotatable bonds is 5. The molecule has 0 bridgehead atoms. The molecule has 8 nitrogen and oxygen atoms in total. The Bertz CT molecular complexity index is 882. The van der Waals surface area contributed by atoms with Gasteiger partial charge in [0.1, 0.15) is 6.54 Å². The van der Waals surface area contributed by atoms with Crippen molar-refractivity contribution in [3.8, 4) is 6.01 Å². The van der Waals surface area contributed by atoms with Crippen molar-refractivity contribution in [2.24, 2.45) is 0 Å². The summed E-state index contributed by atoms with van der Waals surface area (Å²) in [6.45, 7) is 2.12. The van der Waals surface area contributed by atoms with E-state index in [1.807, 2.05) is 6.92 Å². The summed E-state index contributed by atoms with van der Waals surface area (Å²) < 4.78 is 11.5. The average Bonchev–Trinajstić information content (AvgIpc) is 2.85. The molecule has 0 aliphatic heterocycles. The molecule has 0 spiro atoms. The van der Waals surface area contributed by atoms with Crippen molar-refractivity contribution in [1.82, 2.24) is 14.5 Å². The highest BCUT2D eigenvalue weighted by Gasteiger charge is 2.12. The Balaban J connectivity index is 1.73. The monoisotopic (exact) mass is 314 g/mol. The first-order valence-electron chi connectivity index (χ1n) is 7.00. The summed E-state index contributed by atoms with van der Waals surface area (Å²) in [5.74, 6) is -0.962. The Morgan fingerprint density at radius 2 is 2.04 bits per heavy atom. The van der Waals surface area contributed by atoms with Crippen LogP contribution in [-0.2, 0) is 11.3 Å². The number of nitrogens with zero attached hydrogens (tertiary/aromatic N) is 3. The molecule has 2 heterocycles. The van der Waals surface area contributed by atoms with Gasteiger partial charge in [-0.15, -0.1) is 0 Å². The van der Waals surface area contributed by atoms with Crippen LogP contribution in [0.2, 0.25) is 0 Å². The van der Waals surface area contributed by atoms with E-state index in [-0.39, 0.29) is 18.5 Å². The summed E-state index contributed by atoms with van der Waals surface area (Å²) in [7, 11) is 0. The average molecular weight is 314 g/mol. The molecule has 8 heteroatoms. The van der Waals surface area contributed by atoms with Crippen molar-refractivity contribution in [1.29, 1.82) is 0 Å². The minimum atomic E-state index is -0.579. The van der Waals surface area contributed by atoms with E-state index in [1.165, 1.54) is 17.0 Å². The van der Waals surface area contributed by atoms with Gasteiger partial charge in [-0.05, 0) is 19.1 Å². The molecule has 1 amide bonds. The molecule has 0 unspecified atom stereocenters. The molecule has 3 rings (SSSR count). The number of hydrogen-bond acceptors (Lipinski definition) is 6. The molecular formula is C15H14N4O4. The van der Waals surface area contributed by atoms with Crippen LogP contribution in [0.25, 0.3) is 11.1 Å². The predicted molar refractivity (Wildman–Crippen MR) is 82.3 cm³/mol. The van der Waals surface area contributed by atoms with E-state index in [9.17, 15) is 9.59 Å². The summed E-state index contributed by atoms with van der Waals surface area (Å²) in [6, 6.07) is 7.15. The maximum atomic E-state index is 12.1. The summed E-state index contributed by atoms with van der Waals surface area (Å²) in [4.78, 5) is 31.8. The molecule has 0 radical (unpaired) electrons. The molecule has 23 heavy (non-hydrogen) atoms. The lowest BCUT2D eigenvalue weighted by Gasteiger charge is -2.06. The minimum Gasteiger partial charge on any atom is -0.464 e. The normalized spacial score (nSPS) is 10.7. The van der Waals surface area contributed by atoms with Crippen LogP contribution in [0, 0.1) is 0 Å². The summed E-state index contributed by atoms with van der Waals surface area (Å²) >= 11 is 0. The van der Waals surface area contributed by atoms with Crippen molar-refractivity contribution < 1.29 is 13.9 Å². The van der Waals surface area contributed by atoms with Gasteiger partial charge in [0, 0.05) is 0 Å². The topological polar surface area (TPSA) is 99.2 Å². The van der Waals surface area contributed by atoms with Crippen molar-refractivity contribution >= 4 is 22.7 Å². The fourth-order valence-electron chi connectivity index (χ4n) is 2.09. The Hall–Kier alpha value is -3.16. The quantitative estimate of drug-likeness (QED) is 0.764. The zero-order chi connectivity index (χ0) is 16.2. The molecule has 2 aromatic heterocycles. The summed E-state index contributed by atoms with van der Waals surface area (Å²) in [5.41, 5.74) is 1.42. The van der Waals surface area contributed by atoms with Gasteiger partial charge in [-0.25, -0.2) is 14.8 Å². The first-order valence-corrected chi connectivity index (χ1v) is 7.00. The highest BCUT2D eigenvalue weighted by Crippen LogP contribution is 2.12. The lowest BCUT2D eigenvalue weighted by molar-refractivity contribution is -0.116. The van der Waals surface area contributed by atoms with Gasteiger partial charge >= 0.3 is 11.8 Å². The second-order valence-electron chi connectivity index (χ2n) is 4.66. The SMILES string of the molecule is CCOc1ncc(NC(=O)Cn2c(=O)oc3ccccc32)cn1. The molecule has 3 aromatic rings. The fourth-order valence-corrected chi connectivity index (χ4v) is 2.09. The van der Waals surface area contributed by atoms with Gasteiger partial charge in [0.25, 0.3) is 0 Å². The molecular weight excluding hydrogens is 300 g/mol. The number of aromatic nitrogens is 3. The van der Waals surface area contributed by atoms with Crippen LogP contribution in [0.4, 0.5) is 5.69 Å². The standard InChI is InChI=1S/C15H14N4O4/c1-2-22-14-16-7-10(8-17-14)18-13(20)9-19-11-5-3-4-6-12(11)23-15(19)21/h3-8H,2,9H2,1H3,(H,18,20). The van der Waals surface area contributed by atoms with Gasteiger partial charge in [-0.2, -0.15) is 0 Å². The number of anilines is 1. The van der Waals surface area contributed by atoms with Gasteiger partial charge in [-0.1, -0.05) is 12.1 Å². The van der Waals surface area contributed by atoms with E-state index in [2.05, 4.69) is 15.3 Å². The summed E-state index contributed by atoms with van der Waals surface area (Å²) in [5, 5.41) is 2.62. The number of fused-ring (bicyclic) bond motifs is 1. The van der Waals surface area contributed by atoms with Crippen molar-refractivity contribution in [2.75, 3.05) is 11.9 Å².